The summed E-state index contributed by atoms with van der Waals surface area (Å²) in [6.45, 7) is -2.19. The van der Waals surface area contributed by atoms with Gasteiger partial charge in [0.25, 0.3) is 11.5 Å². The molecule has 1 amide bonds. The molecule has 194 valence electrons. The monoisotopic (exact) mass is 517 g/mol. The van der Waals surface area contributed by atoms with Crippen molar-refractivity contribution in [3.8, 4) is 17.2 Å². The van der Waals surface area contributed by atoms with Crippen molar-refractivity contribution < 1.29 is 31.8 Å². The lowest BCUT2D eigenvalue weighted by molar-refractivity contribution is 0.0668. The number of rotatable bonds is 6. The summed E-state index contributed by atoms with van der Waals surface area (Å²) in [5.41, 5.74) is 0.111. The number of piperidine rings is 1. The Hall–Kier alpha value is -4.02. The molecular formula is C26H23F4N3O4. The maximum absolute atomic E-state index is 14.6. The van der Waals surface area contributed by atoms with Crippen LogP contribution in [0.1, 0.15) is 23.2 Å². The van der Waals surface area contributed by atoms with Crippen LogP contribution in [0.15, 0.2) is 47.5 Å². The Balaban J connectivity index is 1.80. The van der Waals surface area contributed by atoms with Crippen LogP contribution in [0.25, 0.3) is 27.4 Å². The molecule has 0 spiro atoms. The molecule has 4 aromatic rings. The number of aryl methyl sites for hydroxylation is 1. The zero-order chi connectivity index (χ0) is 26.3. The minimum atomic E-state index is -1.27. The van der Waals surface area contributed by atoms with Gasteiger partial charge >= 0.3 is 0 Å². The quantitative estimate of drug-likeness (QED) is 0.345. The number of amides is 1. The Morgan fingerprint density at radius 2 is 1.65 bits per heavy atom. The molecule has 0 aliphatic carbocycles. The van der Waals surface area contributed by atoms with Gasteiger partial charge in [-0.3, -0.25) is 14.2 Å². The predicted molar refractivity (Wildman–Crippen MR) is 129 cm³/mol. The van der Waals surface area contributed by atoms with E-state index in [4.69, 9.17) is 9.47 Å². The highest BCUT2D eigenvalue weighted by Gasteiger charge is 2.27. The first-order valence-electron chi connectivity index (χ1n) is 11.6. The van der Waals surface area contributed by atoms with Crippen LogP contribution in [-0.2, 0) is 7.05 Å². The molecule has 0 bridgehead atoms. The number of hydrogen-bond donors (Lipinski definition) is 0. The van der Waals surface area contributed by atoms with Gasteiger partial charge in [0.15, 0.2) is 11.5 Å². The summed E-state index contributed by atoms with van der Waals surface area (Å²) < 4.78 is 67.2. The standard InChI is InChI=1S/C26H23F4N3O4/c1-31-5-4-17-21(31)8-16(30)9-22(17)33-12-20(25(34)32-6-2-15(29)3-7-32)18-10-23(36-13-27)24(37-14-28)11-19(18)26(33)35/h4-5,8-12,15H,2-3,6-7,13-14H2,1H3. The summed E-state index contributed by atoms with van der Waals surface area (Å²) in [5, 5.41) is 0.623. The van der Waals surface area contributed by atoms with E-state index in [2.05, 4.69) is 0 Å². The maximum Gasteiger partial charge on any atom is 0.263 e. The first-order chi connectivity index (χ1) is 17.8. The number of ether oxygens (including phenoxy) is 2. The van der Waals surface area contributed by atoms with Gasteiger partial charge in [-0.1, -0.05) is 0 Å². The van der Waals surface area contributed by atoms with Gasteiger partial charge in [-0.15, -0.1) is 0 Å². The van der Waals surface area contributed by atoms with Crippen molar-refractivity contribution in [2.75, 3.05) is 26.8 Å². The molecule has 2 aromatic heterocycles. The van der Waals surface area contributed by atoms with Gasteiger partial charge in [0.05, 0.1) is 22.2 Å². The number of halogens is 4. The number of carbonyl (C=O) groups excluding carboxylic acids is 1. The summed E-state index contributed by atoms with van der Waals surface area (Å²) in [6.07, 6.45) is 2.33. The lowest BCUT2D eigenvalue weighted by Crippen LogP contribution is -2.39. The number of alkyl halides is 3. The van der Waals surface area contributed by atoms with Gasteiger partial charge in [0, 0.05) is 43.3 Å². The Labute approximate surface area is 208 Å². The molecule has 1 aliphatic heterocycles. The van der Waals surface area contributed by atoms with E-state index < -0.39 is 37.2 Å². The van der Waals surface area contributed by atoms with Gasteiger partial charge in [-0.05, 0) is 43.2 Å². The zero-order valence-corrected chi connectivity index (χ0v) is 19.8. The van der Waals surface area contributed by atoms with Gasteiger partial charge in [-0.2, -0.15) is 0 Å². The highest BCUT2D eigenvalue weighted by Crippen LogP contribution is 2.35. The van der Waals surface area contributed by atoms with Crippen molar-refractivity contribution in [1.29, 1.82) is 0 Å². The SMILES string of the molecule is Cn1ccc2c(-n3cc(C(=O)N4CCC(F)CC4)c4cc(OCF)c(OCF)cc4c3=O)cc(F)cc21. The second-order valence-electron chi connectivity index (χ2n) is 8.82. The molecule has 3 heterocycles. The van der Waals surface area contributed by atoms with Gasteiger partial charge in [0.2, 0.25) is 13.7 Å². The number of hydrogen-bond acceptors (Lipinski definition) is 4. The van der Waals surface area contributed by atoms with Crippen LogP contribution in [0.4, 0.5) is 17.6 Å². The lowest BCUT2D eigenvalue weighted by Gasteiger charge is -2.29. The molecule has 37 heavy (non-hydrogen) atoms. The van der Waals surface area contributed by atoms with E-state index in [9.17, 15) is 27.2 Å². The number of likely N-dealkylation sites (tertiary alicyclic amines) is 1. The average Bonchev–Trinajstić information content (AvgIpc) is 3.25. The topological polar surface area (TPSA) is 65.7 Å². The van der Waals surface area contributed by atoms with Crippen molar-refractivity contribution in [3.05, 3.63) is 64.5 Å². The molecule has 7 nitrogen and oxygen atoms in total. The molecule has 0 unspecified atom stereocenters. The fourth-order valence-electron chi connectivity index (χ4n) is 4.78. The Morgan fingerprint density at radius 3 is 2.30 bits per heavy atom. The lowest BCUT2D eigenvalue weighted by atomic mass is 10.0. The molecule has 0 atom stereocenters. The fraction of sp³-hybridized carbons (Fsp3) is 0.308. The summed E-state index contributed by atoms with van der Waals surface area (Å²) in [6, 6.07) is 6.63. The third-order valence-corrected chi connectivity index (χ3v) is 6.65. The maximum atomic E-state index is 14.6. The van der Waals surface area contributed by atoms with Gasteiger partial charge < -0.3 is 18.9 Å². The van der Waals surface area contributed by atoms with Crippen LogP contribution < -0.4 is 15.0 Å². The minimum absolute atomic E-state index is 0.0377. The normalized spacial score (nSPS) is 14.5. The molecule has 1 fully saturated rings. The molecule has 1 aliphatic rings. The second-order valence-corrected chi connectivity index (χ2v) is 8.82. The fourth-order valence-corrected chi connectivity index (χ4v) is 4.78. The zero-order valence-electron chi connectivity index (χ0n) is 19.8. The van der Waals surface area contributed by atoms with E-state index in [1.165, 1.54) is 35.4 Å². The Kier molecular flexibility index (Phi) is 6.53. The second kappa shape index (κ2) is 9.79. The molecule has 1 saturated heterocycles. The molecule has 0 saturated carbocycles. The van der Waals surface area contributed by atoms with Crippen LogP contribution in [0, 0.1) is 5.82 Å². The predicted octanol–water partition coefficient (Wildman–Crippen LogP) is 4.81. The number of carbonyl (C=O) groups is 1. The number of aromatic nitrogens is 2. The van der Waals surface area contributed by atoms with E-state index >= 15 is 0 Å². The van der Waals surface area contributed by atoms with Crippen molar-refractivity contribution >= 4 is 27.6 Å². The number of nitrogens with zero attached hydrogens (tertiary/aromatic N) is 3. The minimum Gasteiger partial charge on any atom is -0.459 e. The highest BCUT2D eigenvalue weighted by molar-refractivity contribution is 6.07. The third-order valence-electron chi connectivity index (χ3n) is 6.65. The average molecular weight is 517 g/mol. The first kappa shape index (κ1) is 24.7. The first-order valence-corrected chi connectivity index (χ1v) is 11.6. The van der Waals surface area contributed by atoms with Crippen LogP contribution in [0.5, 0.6) is 11.5 Å². The summed E-state index contributed by atoms with van der Waals surface area (Å²) in [4.78, 5) is 28.8. The Morgan fingerprint density at radius 1 is 1.00 bits per heavy atom. The van der Waals surface area contributed by atoms with Crippen molar-refractivity contribution in [2.45, 2.75) is 19.0 Å². The summed E-state index contributed by atoms with van der Waals surface area (Å²) >= 11 is 0. The van der Waals surface area contributed by atoms with E-state index in [0.29, 0.717) is 10.9 Å². The van der Waals surface area contributed by atoms with Crippen LogP contribution in [0.2, 0.25) is 0 Å². The van der Waals surface area contributed by atoms with E-state index in [0.717, 1.165) is 4.57 Å². The summed E-state index contributed by atoms with van der Waals surface area (Å²) in [7, 11) is 1.73. The molecule has 11 heteroatoms. The van der Waals surface area contributed by atoms with Crippen molar-refractivity contribution in [1.82, 2.24) is 14.0 Å². The third kappa shape index (κ3) is 4.38. The largest absolute Gasteiger partial charge is 0.459 e. The van der Waals surface area contributed by atoms with E-state index in [1.807, 2.05) is 0 Å². The molecule has 2 aromatic carbocycles. The molecular weight excluding hydrogens is 494 g/mol. The van der Waals surface area contributed by atoms with Gasteiger partial charge in [-0.25, -0.2) is 17.6 Å². The van der Waals surface area contributed by atoms with Crippen LogP contribution in [0.3, 0.4) is 0 Å². The number of pyridine rings is 1. The molecule has 0 N–H and O–H groups in total. The molecule has 5 rings (SSSR count). The van der Waals surface area contributed by atoms with E-state index in [1.54, 1.807) is 23.9 Å². The van der Waals surface area contributed by atoms with Crippen LogP contribution in [-0.4, -0.2) is 52.9 Å². The van der Waals surface area contributed by atoms with Gasteiger partial charge in [0.1, 0.15) is 12.0 Å². The highest BCUT2D eigenvalue weighted by atomic mass is 19.1. The van der Waals surface area contributed by atoms with Crippen molar-refractivity contribution in [3.63, 3.8) is 0 Å². The Bertz CT molecular complexity index is 1560. The smallest absolute Gasteiger partial charge is 0.263 e. The molecule has 0 radical (unpaired) electrons. The van der Waals surface area contributed by atoms with Crippen LogP contribution >= 0.6 is 0 Å². The van der Waals surface area contributed by atoms with Crippen molar-refractivity contribution in [2.24, 2.45) is 7.05 Å². The number of benzene rings is 2. The number of fused-ring (bicyclic) bond motifs is 2. The summed E-state index contributed by atoms with van der Waals surface area (Å²) in [5.74, 6) is -1.51. The van der Waals surface area contributed by atoms with E-state index in [-0.39, 0.29) is 59.5 Å².